The summed E-state index contributed by atoms with van der Waals surface area (Å²) in [6, 6.07) is 8.53. The van der Waals surface area contributed by atoms with E-state index in [9.17, 15) is 8.78 Å². The van der Waals surface area contributed by atoms with Crippen LogP contribution in [0.3, 0.4) is 0 Å². The van der Waals surface area contributed by atoms with Crippen molar-refractivity contribution in [3.63, 3.8) is 0 Å². The maximum Gasteiger partial charge on any atom is 0.165 e. The lowest BCUT2D eigenvalue weighted by molar-refractivity contribution is 0.386. The number of rotatable bonds is 5. The van der Waals surface area contributed by atoms with Crippen LogP contribution in [0.2, 0.25) is 0 Å². The minimum absolute atomic E-state index is 0.169. The van der Waals surface area contributed by atoms with E-state index in [1.807, 2.05) is 0 Å². The number of halogens is 2. The summed E-state index contributed by atoms with van der Waals surface area (Å²) in [4.78, 5) is 0. The second-order valence-electron chi connectivity index (χ2n) is 4.67. The van der Waals surface area contributed by atoms with Gasteiger partial charge >= 0.3 is 0 Å². The van der Waals surface area contributed by atoms with Gasteiger partial charge in [-0.2, -0.15) is 0 Å². The van der Waals surface area contributed by atoms with Crippen LogP contribution in [0.4, 0.5) is 8.78 Å². The molecule has 0 spiro atoms. The van der Waals surface area contributed by atoms with Gasteiger partial charge in [-0.05, 0) is 30.2 Å². The van der Waals surface area contributed by atoms with Gasteiger partial charge in [-0.3, -0.25) is 0 Å². The topological polar surface area (TPSA) is 44.5 Å². The van der Waals surface area contributed by atoms with Gasteiger partial charge in [0, 0.05) is 17.7 Å². The Morgan fingerprint density at radius 2 is 1.76 bits per heavy atom. The first kappa shape index (κ1) is 15.3. The van der Waals surface area contributed by atoms with Crippen molar-refractivity contribution in [2.75, 3.05) is 14.2 Å². The van der Waals surface area contributed by atoms with Crippen LogP contribution >= 0.6 is 0 Å². The highest BCUT2D eigenvalue weighted by molar-refractivity contribution is 5.33. The van der Waals surface area contributed by atoms with Crippen LogP contribution < -0.4 is 15.2 Å². The largest absolute Gasteiger partial charge is 0.497 e. The zero-order chi connectivity index (χ0) is 15.4. The minimum atomic E-state index is -0.566. The summed E-state index contributed by atoms with van der Waals surface area (Å²) in [6.07, 6.45) is 0.324. The standard InChI is InChI=1S/C16H17F2NO2/c1-20-11-4-5-12(13(17)9-11)15(19)8-10-3-6-16(21-2)14(18)7-10/h3-7,9,15H,8,19H2,1-2H3. The number of ether oxygens (including phenoxy) is 2. The van der Waals surface area contributed by atoms with Gasteiger partial charge in [0.1, 0.15) is 11.6 Å². The monoisotopic (exact) mass is 293 g/mol. The van der Waals surface area contributed by atoms with Crippen LogP contribution in [0.25, 0.3) is 0 Å². The van der Waals surface area contributed by atoms with Crippen LogP contribution in [0, 0.1) is 11.6 Å². The number of hydrogen-bond donors (Lipinski definition) is 1. The molecule has 3 nitrogen and oxygen atoms in total. The number of benzene rings is 2. The van der Waals surface area contributed by atoms with Gasteiger partial charge in [-0.25, -0.2) is 8.78 Å². The van der Waals surface area contributed by atoms with E-state index in [1.54, 1.807) is 18.2 Å². The fourth-order valence-electron chi connectivity index (χ4n) is 2.14. The molecule has 0 heterocycles. The highest BCUT2D eigenvalue weighted by Gasteiger charge is 2.14. The maximum atomic E-state index is 13.9. The zero-order valence-electron chi connectivity index (χ0n) is 11.9. The number of methoxy groups -OCH3 is 2. The molecule has 0 aromatic heterocycles. The Bertz CT molecular complexity index is 632. The lowest BCUT2D eigenvalue weighted by Crippen LogP contribution is -2.15. The molecule has 0 saturated carbocycles. The summed E-state index contributed by atoms with van der Waals surface area (Å²) in [6.45, 7) is 0. The van der Waals surface area contributed by atoms with E-state index in [-0.39, 0.29) is 5.75 Å². The summed E-state index contributed by atoms with van der Waals surface area (Å²) >= 11 is 0. The lowest BCUT2D eigenvalue weighted by atomic mass is 9.99. The Morgan fingerprint density at radius 3 is 2.33 bits per heavy atom. The number of nitrogens with two attached hydrogens (primary N) is 1. The smallest absolute Gasteiger partial charge is 0.165 e. The van der Waals surface area contributed by atoms with Crippen molar-refractivity contribution < 1.29 is 18.3 Å². The third-order valence-corrected chi connectivity index (χ3v) is 3.28. The Morgan fingerprint density at radius 1 is 1.00 bits per heavy atom. The Balaban J connectivity index is 2.17. The SMILES string of the molecule is COc1ccc(C(N)Cc2ccc(OC)c(F)c2)c(F)c1. The molecule has 1 unspecified atom stereocenters. The van der Waals surface area contributed by atoms with Crippen molar-refractivity contribution in [1.29, 1.82) is 0 Å². The maximum absolute atomic E-state index is 13.9. The molecule has 112 valence electrons. The summed E-state index contributed by atoms with van der Waals surface area (Å²) in [5, 5.41) is 0. The molecular weight excluding hydrogens is 276 g/mol. The van der Waals surface area contributed by atoms with Crippen LogP contribution in [0.5, 0.6) is 11.5 Å². The molecule has 0 radical (unpaired) electrons. The summed E-state index contributed by atoms with van der Waals surface area (Å²) < 4.78 is 37.4. The molecule has 2 aromatic rings. The van der Waals surface area contributed by atoms with Crippen molar-refractivity contribution in [3.8, 4) is 11.5 Å². The Labute approximate surface area is 122 Å². The first-order valence-electron chi connectivity index (χ1n) is 6.46. The van der Waals surface area contributed by atoms with Gasteiger partial charge < -0.3 is 15.2 Å². The summed E-state index contributed by atoms with van der Waals surface area (Å²) in [5.41, 5.74) is 7.05. The highest BCUT2D eigenvalue weighted by atomic mass is 19.1. The van der Waals surface area contributed by atoms with E-state index in [0.29, 0.717) is 23.3 Å². The first-order chi connectivity index (χ1) is 10.0. The predicted octanol–water partition coefficient (Wildman–Crippen LogP) is 3.22. The average molecular weight is 293 g/mol. The minimum Gasteiger partial charge on any atom is -0.497 e. The molecule has 0 fully saturated rings. The second kappa shape index (κ2) is 6.54. The van der Waals surface area contributed by atoms with Gasteiger partial charge in [0.15, 0.2) is 11.6 Å². The second-order valence-corrected chi connectivity index (χ2v) is 4.67. The molecule has 0 aliphatic rings. The molecule has 0 aliphatic heterocycles. The third-order valence-electron chi connectivity index (χ3n) is 3.28. The van der Waals surface area contributed by atoms with Crippen molar-refractivity contribution in [1.82, 2.24) is 0 Å². The van der Waals surface area contributed by atoms with Crippen LogP contribution in [0.15, 0.2) is 36.4 Å². The van der Waals surface area contributed by atoms with Gasteiger partial charge in [-0.15, -0.1) is 0 Å². The van der Waals surface area contributed by atoms with Crippen molar-refractivity contribution in [3.05, 3.63) is 59.2 Å². The van der Waals surface area contributed by atoms with Crippen molar-refractivity contribution >= 4 is 0 Å². The summed E-state index contributed by atoms with van der Waals surface area (Å²) in [5.74, 6) is -0.296. The average Bonchev–Trinajstić information content (AvgIpc) is 2.47. The molecule has 2 N–H and O–H groups in total. The molecule has 0 aliphatic carbocycles. The van der Waals surface area contributed by atoms with E-state index >= 15 is 0 Å². The fraction of sp³-hybridized carbons (Fsp3) is 0.250. The molecule has 0 bridgehead atoms. The van der Waals surface area contributed by atoms with Crippen LogP contribution in [-0.4, -0.2) is 14.2 Å². The Kier molecular flexibility index (Phi) is 4.75. The normalized spacial score (nSPS) is 12.0. The van der Waals surface area contributed by atoms with Crippen molar-refractivity contribution in [2.24, 2.45) is 5.73 Å². The van der Waals surface area contributed by atoms with E-state index in [2.05, 4.69) is 0 Å². The van der Waals surface area contributed by atoms with Crippen LogP contribution in [-0.2, 0) is 6.42 Å². The molecular formula is C16H17F2NO2. The quantitative estimate of drug-likeness (QED) is 0.920. The predicted molar refractivity (Wildman–Crippen MR) is 76.5 cm³/mol. The fourth-order valence-corrected chi connectivity index (χ4v) is 2.14. The number of hydrogen-bond acceptors (Lipinski definition) is 3. The van der Waals surface area contributed by atoms with E-state index in [4.69, 9.17) is 15.2 Å². The lowest BCUT2D eigenvalue weighted by Gasteiger charge is -2.14. The van der Waals surface area contributed by atoms with Gasteiger partial charge in [0.25, 0.3) is 0 Å². The van der Waals surface area contributed by atoms with E-state index in [1.165, 1.54) is 32.4 Å². The first-order valence-corrected chi connectivity index (χ1v) is 6.46. The molecule has 0 saturated heterocycles. The molecule has 2 aromatic carbocycles. The van der Waals surface area contributed by atoms with E-state index < -0.39 is 17.7 Å². The summed E-state index contributed by atoms with van der Waals surface area (Å²) in [7, 11) is 2.87. The molecule has 1 atom stereocenters. The highest BCUT2D eigenvalue weighted by Crippen LogP contribution is 2.25. The zero-order valence-corrected chi connectivity index (χ0v) is 11.9. The molecule has 0 amide bonds. The van der Waals surface area contributed by atoms with Gasteiger partial charge in [-0.1, -0.05) is 12.1 Å². The molecule has 5 heteroatoms. The van der Waals surface area contributed by atoms with Gasteiger partial charge in [0.2, 0.25) is 0 Å². The Hall–Kier alpha value is -2.14. The molecule has 2 rings (SSSR count). The third kappa shape index (κ3) is 3.49. The van der Waals surface area contributed by atoms with Crippen molar-refractivity contribution in [2.45, 2.75) is 12.5 Å². The van der Waals surface area contributed by atoms with Crippen LogP contribution in [0.1, 0.15) is 17.2 Å². The van der Waals surface area contributed by atoms with E-state index in [0.717, 1.165) is 0 Å². The van der Waals surface area contributed by atoms with Gasteiger partial charge in [0.05, 0.1) is 14.2 Å². The molecule has 21 heavy (non-hydrogen) atoms.